The van der Waals surface area contributed by atoms with Crippen LogP contribution >= 0.6 is 0 Å². The van der Waals surface area contributed by atoms with Crippen molar-refractivity contribution in [2.75, 3.05) is 86.6 Å². The van der Waals surface area contributed by atoms with Crippen LogP contribution in [0.25, 0.3) is 0 Å². The summed E-state index contributed by atoms with van der Waals surface area (Å²) in [4.78, 5) is 48.4. The Hall–Kier alpha value is -2.56. The largest absolute Gasteiger partial charge is 0.480 e. The molecule has 0 spiro atoms. The number of carboxylic acid groups (broad SMARTS) is 3. The SMILES string of the molecule is C#CCN.CC.CCN(C)CC(=O)O.CN(CC=O)CCN(CCN(C)CC(=O)O)CC(=O)O. The zero-order valence-electron chi connectivity index (χ0n) is 21.6. The lowest BCUT2D eigenvalue weighted by Crippen LogP contribution is -2.41. The zero-order valence-corrected chi connectivity index (χ0v) is 21.6. The number of nitrogens with two attached hydrogens (primary N) is 1. The fourth-order valence-corrected chi connectivity index (χ4v) is 1.96. The van der Waals surface area contributed by atoms with Crippen LogP contribution in [0.15, 0.2) is 0 Å². The Bertz CT molecular complexity index is 570. The second kappa shape index (κ2) is 28.5. The molecular weight excluding hydrogens is 446 g/mol. The van der Waals surface area contributed by atoms with E-state index in [-0.39, 0.29) is 19.6 Å². The maximum atomic E-state index is 10.8. The van der Waals surface area contributed by atoms with Crippen LogP contribution in [0.4, 0.5) is 0 Å². The van der Waals surface area contributed by atoms with Gasteiger partial charge in [-0.3, -0.25) is 34.0 Å². The molecule has 34 heavy (non-hydrogen) atoms. The Balaban J connectivity index is -0.000000264. The zero-order chi connectivity index (χ0) is 27.5. The number of carbonyl (C=O) groups is 4. The minimum Gasteiger partial charge on any atom is -0.480 e. The van der Waals surface area contributed by atoms with E-state index < -0.39 is 17.9 Å². The number of rotatable bonds is 15. The fraction of sp³-hybridized carbons (Fsp3) is 0.727. The molecule has 12 nitrogen and oxygen atoms in total. The third kappa shape index (κ3) is 36.8. The van der Waals surface area contributed by atoms with Gasteiger partial charge in [0, 0.05) is 26.2 Å². The topological polar surface area (TPSA) is 168 Å². The van der Waals surface area contributed by atoms with E-state index in [2.05, 4.69) is 12.3 Å². The number of likely N-dealkylation sites (N-methyl/N-ethyl adjacent to an activating group) is 3. The van der Waals surface area contributed by atoms with Gasteiger partial charge in [-0.05, 0) is 27.7 Å². The number of nitrogens with zero attached hydrogens (tertiary/aromatic N) is 4. The van der Waals surface area contributed by atoms with Crippen molar-refractivity contribution < 1.29 is 34.5 Å². The van der Waals surface area contributed by atoms with Crippen LogP contribution in [0.5, 0.6) is 0 Å². The number of terminal acetylenes is 1. The van der Waals surface area contributed by atoms with Crippen molar-refractivity contribution in [1.82, 2.24) is 19.6 Å². The Morgan fingerprint density at radius 1 is 0.824 bits per heavy atom. The minimum absolute atomic E-state index is 0.0774. The van der Waals surface area contributed by atoms with Crippen molar-refractivity contribution in [3.63, 3.8) is 0 Å². The third-order valence-corrected chi connectivity index (χ3v) is 3.81. The second-order valence-electron chi connectivity index (χ2n) is 6.86. The van der Waals surface area contributed by atoms with E-state index in [1.165, 1.54) is 0 Å². The van der Waals surface area contributed by atoms with Crippen molar-refractivity contribution in [1.29, 1.82) is 0 Å². The van der Waals surface area contributed by atoms with Gasteiger partial charge in [-0.15, -0.1) is 6.42 Å². The standard InChI is InChI=1S/C12H23N3O5.C5H11NO2.C3H5N.C2H6/c1-13(7-8-16)3-5-15(10-12(19)20)6-4-14(2)9-11(17)18;1-3-6(2)4-5(7)8;1-2-3-4;1-2/h8H,3-7,9-10H2,1-2H3,(H,17,18)(H,19,20);3-4H2,1-2H3,(H,7,8);1H,3-4H2;1-2H3. The van der Waals surface area contributed by atoms with E-state index in [1.54, 1.807) is 40.7 Å². The van der Waals surface area contributed by atoms with Crippen LogP contribution < -0.4 is 5.73 Å². The highest BCUT2D eigenvalue weighted by Gasteiger charge is 2.12. The molecule has 0 heterocycles. The van der Waals surface area contributed by atoms with Gasteiger partial charge in [0.05, 0.1) is 32.7 Å². The van der Waals surface area contributed by atoms with E-state index in [4.69, 9.17) is 21.1 Å². The van der Waals surface area contributed by atoms with Gasteiger partial charge in [-0.1, -0.05) is 26.7 Å². The molecule has 0 unspecified atom stereocenters. The van der Waals surface area contributed by atoms with E-state index in [9.17, 15) is 19.2 Å². The van der Waals surface area contributed by atoms with Crippen molar-refractivity contribution in [2.24, 2.45) is 5.73 Å². The first-order valence-electron chi connectivity index (χ1n) is 10.9. The molecule has 0 aliphatic rings. The molecule has 0 amide bonds. The van der Waals surface area contributed by atoms with E-state index in [1.807, 2.05) is 20.8 Å². The first-order valence-corrected chi connectivity index (χ1v) is 10.9. The highest BCUT2D eigenvalue weighted by molar-refractivity contribution is 5.69. The van der Waals surface area contributed by atoms with E-state index in [0.29, 0.717) is 39.3 Å². The van der Waals surface area contributed by atoms with Crippen LogP contribution in [0.2, 0.25) is 0 Å². The van der Waals surface area contributed by atoms with Gasteiger partial charge < -0.3 is 25.8 Å². The second-order valence-corrected chi connectivity index (χ2v) is 6.86. The van der Waals surface area contributed by atoms with Gasteiger partial charge in [-0.25, -0.2) is 0 Å². The summed E-state index contributed by atoms with van der Waals surface area (Å²) in [5, 5.41) is 25.7. The van der Waals surface area contributed by atoms with E-state index >= 15 is 0 Å². The molecule has 0 aliphatic carbocycles. The van der Waals surface area contributed by atoms with Crippen LogP contribution in [-0.4, -0.2) is 146 Å². The highest BCUT2D eigenvalue weighted by atomic mass is 16.4. The quantitative estimate of drug-likeness (QED) is 0.166. The molecule has 0 saturated heterocycles. The Morgan fingerprint density at radius 2 is 1.21 bits per heavy atom. The van der Waals surface area contributed by atoms with Gasteiger partial charge in [-0.2, -0.15) is 0 Å². The fourth-order valence-electron chi connectivity index (χ4n) is 1.96. The molecule has 200 valence electrons. The van der Waals surface area contributed by atoms with Gasteiger partial charge in [0.15, 0.2) is 0 Å². The van der Waals surface area contributed by atoms with Crippen LogP contribution in [-0.2, 0) is 19.2 Å². The summed E-state index contributed by atoms with van der Waals surface area (Å²) in [6.07, 6.45) is 5.45. The summed E-state index contributed by atoms with van der Waals surface area (Å²) in [5.74, 6) is -0.402. The lowest BCUT2D eigenvalue weighted by molar-refractivity contribution is -0.140. The maximum absolute atomic E-state index is 10.8. The number of aldehydes is 1. The van der Waals surface area contributed by atoms with Crippen molar-refractivity contribution in [3.8, 4) is 12.3 Å². The van der Waals surface area contributed by atoms with Crippen molar-refractivity contribution >= 4 is 24.2 Å². The highest BCUT2D eigenvalue weighted by Crippen LogP contribution is 1.93. The predicted octanol–water partition coefficient (Wildman–Crippen LogP) is -0.853. The molecule has 0 atom stereocenters. The number of aliphatic carboxylic acids is 3. The van der Waals surface area contributed by atoms with Gasteiger partial charge in [0.1, 0.15) is 6.29 Å². The smallest absolute Gasteiger partial charge is 0.317 e. The summed E-state index contributed by atoms with van der Waals surface area (Å²) in [5.41, 5.74) is 4.79. The first kappa shape index (κ1) is 38.7. The molecule has 0 aromatic carbocycles. The molecule has 0 saturated carbocycles. The molecule has 0 fully saturated rings. The van der Waals surface area contributed by atoms with Crippen LogP contribution in [0.3, 0.4) is 0 Å². The van der Waals surface area contributed by atoms with Crippen molar-refractivity contribution in [3.05, 3.63) is 0 Å². The number of hydrogen-bond donors (Lipinski definition) is 4. The number of carboxylic acids is 3. The molecule has 0 radical (unpaired) electrons. The maximum Gasteiger partial charge on any atom is 0.317 e. The Labute approximate surface area is 204 Å². The van der Waals surface area contributed by atoms with Crippen LogP contribution in [0.1, 0.15) is 20.8 Å². The Kier molecular flexibility index (Phi) is 32.4. The normalized spacial score (nSPS) is 9.71. The average Bonchev–Trinajstić information content (AvgIpc) is 2.76. The average molecular weight is 492 g/mol. The molecule has 0 aromatic rings. The summed E-state index contributed by atoms with van der Waals surface area (Å²) in [6.45, 7) is 9.33. The first-order chi connectivity index (χ1) is 15.9. The molecule has 0 bridgehead atoms. The van der Waals surface area contributed by atoms with E-state index in [0.717, 1.165) is 12.8 Å². The molecule has 0 aliphatic heterocycles. The predicted molar refractivity (Wildman–Crippen MR) is 133 cm³/mol. The van der Waals surface area contributed by atoms with Crippen molar-refractivity contribution in [2.45, 2.75) is 20.8 Å². The summed E-state index contributed by atoms with van der Waals surface area (Å²) in [7, 11) is 5.23. The summed E-state index contributed by atoms with van der Waals surface area (Å²) < 4.78 is 0. The molecule has 0 rings (SSSR count). The molecular formula is C22H45N5O7. The minimum atomic E-state index is -0.927. The summed E-state index contributed by atoms with van der Waals surface area (Å²) >= 11 is 0. The molecule has 5 N–H and O–H groups in total. The third-order valence-electron chi connectivity index (χ3n) is 3.81. The molecule has 0 aromatic heterocycles. The lowest BCUT2D eigenvalue weighted by Gasteiger charge is -2.25. The lowest BCUT2D eigenvalue weighted by atomic mass is 10.4. The van der Waals surface area contributed by atoms with Gasteiger partial charge in [0.2, 0.25) is 0 Å². The summed E-state index contributed by atoms with van der Waals surface area (Å²) in [6, 6.07) is 0. The number of carbonyl (C=O) groups excluding carboxylic acids is 1. The van der Waals surface area contributed by atoms with Gasteiger partial charge in [0.25, 0.3) is 0 Å². The number of hydrogen-bond acceptors (Lipinski definition) is 9. The monoisotopic (exact) mass is 491 g/mol. The van der Waals surface area contributed by atoms with Crippen LogP contribution in [0, 0.1) is 12.3 Å². The Morgan fingerprint density at radius 3 is 1.50 bits per heavy atom. The van der Waals surface area contributed by atoms with Gasteiger partial charge >= 0.3 is 17.9 Å². The molecule has 12 heteroatoms.